The Morgan fingerprint density at radius 1 is 1.38 bits per heavy atom. The Morgan fingerprint density at radius 3 is 2.44 bits per heavy atom. The van der Waals surface area contributed by atoms with Crippen LogP contribution in [-0.4, -0.2) is 18.1 Å². The smallest absolute Gasteiger partial charge is 0.305 e. The number of aliphatic carboxylic acids is 1. The molecule has 0 amide bonds. The molecule has 0 saturated heterocycles. The van der Waals surface area contributed by atoms with E-state index in [-0.39, 0.29) is 6.42 Å². The van der Waals surface area contributed by atoms with Crippen LogP contribution < -0.4 is 5.32 Å². The Labute approximate surface area is 96.5 Å². The number of benzene rings is 1. The van der Waals surface area contributed by atoms with Crippen molar-refractivity contribution in [1.29, 1.82) is 0 Å². The van der Waals surface area contributed by atoms with Gasteiger partial charge in [0.05, 0.1) is 12.0 Å². The Hall–Kier alpha value is -1.35. The molecule has 0 bridgehead atoms. The molecule has 2 N–H and O–H groups in total. The number of carbonyl (C=O) groups is 1. The van der Waals surface area contributed by atoms with E-state index in [1.807, 2.05) is 32.9 Å². The van der Waals surface area contributed by atoms with Gasteiger partial charge in [-0.05, 0) is 44.5 Å². The van der Waals surface area contributed by atoms with Gasteiger partial charge in [0, 0.05) is 0 Å². The fourth-order valence-corrected chi connectivity index (χ4v) is 1.72. The zero-order valence-electron chi connectivity index (χ0n) is 10.3. The summed E-state index contributed by atoms with van der Waals surface area (Å²) in [5.74, 6) is -0.796. The first-order chi connectivity index (χ1) is 7.39. The van der Waals surface area contributed by atoms with E-state index in [2.05, 4.69) is 11.4 Å². The van der Waals surface area contributed by atoms with Crippen molar-refractivity contribution in [2.75, 3.05) is 7.05 Å². The molecule has 1 aromatic rings. The highest BCUT2D eigenvalue weighted by atomic mass is 16.4. The SMILES string of the molecule is CNC(C)(CC(=O)O)c1ccc(C)c(C)c1. The molecule has 1 unspecified atom stereocenters. The molecule has 0 aromatic heterocycles. The topological polar surface area (TPSA) is 49.3 Å². The maximum absolute atomic E-state index is 10.9. The van der Waals surface area contributed by atoms with Crippen LogP contribution in [0.3, 0.4) is 0 Å². The molecule has 16 heavy (non-hydrogen) atoms. The largest absolute Gasteiger partial charge is 0.481 e. The molecule has 0 fully saturated rings. The van der Waals surface area contributed by atoms with E-state index in [1.54, 1.807) is 7.05 Å². The molecule has 3 nitrogen and oxygen atoms in total. The van der Waals surface area contributed by atoms with Gasteiger partial charge in [-0.2, -0.15) is 0 Å². The number of hydrogen-bond acceptors (Lipinski definition) is 2. The number of hydrogen-bond donors (Lipinski definition) is 2. The second kappa shape index (κ2) is 4.66. The predicted molar refractivity (Wildman–Crippen MR) is 64.6 cm³/mol. The summed E-state index contributed by atoms with van der Waals surface area (Å²) in [5, 5.41) is 12.0. The summed E-state index contributed by atoms with van der Waals surface area (Å²) in [5.41, 5.74) is 2.91. The van der Waals surface area contributed by atoms with E-state index in [0.717, 1.165) is 5.56 Å². The van der Waals surface area contributed by atoms with Crippen molar-refractivity contribution in [3.63, 3.8) is 0 Å². The lowest BCUT2D eigenvalue weighted by Crippen LogP contribution is -2.39. The van der Waals surface area contributed by atoms with Crippen LogP contribution in [0.25, 0.3) is 0 Å². The second-order valence-corrected chi connectivity index (χ2v) is 4.45. The zero-order valence-corrected chi connectivity index (χ0v) is 10.3. The van der Waals surface area contributed by atoms with E-state index in [0.29, 0.717) is 0 Å². The van der Waals surface area contributed by atoms with Gasteiger partial charge in [0.15, 0.2) is 0 Å². The van der Waals surface area contributed by atoms with Crippen LogP contribution >= 0.6 is 0 Å². The molecule has 0 aliphatic carbocycles. The third kappa shape index (κ3) is 2.61. The van der Waals surface area contributed by atoms with E-state index in [1.165, 1.54) is 11.1 Å². The minimum Gasteiger partial charge on any atom is -0.481 e. The molecule has 1 atom stereocenters. The first-order valence-corrected chi connectivity index (χ1v) is 5.37. The van der Waals surface area contributed by atoms with Crippen LogP contribution in [0.15, 0.2) is 18.2 Å². The molecule has 0 aliphatic rings. The van der Waals surface area contributed by atoms with Crippen LogP contribution in [0, 0.1) is 13.8 Å². The minimum atomic E-state index is -0.796. The van der Waals surface area contributed by atoms with Crippen molar-refractivity contribution >= 4 is 5.97 Å². The van der Waals surface area contributed by atoms with Gasteiger partial charge in [-0.1, -0.05) is 18.2 Å². The van der Waals surface area contributed by atoms with Gasteiger partial charge >= 0.3 is 5.97 Å². The van der Waals surface area contributed by atoms with Crippen LogP contribution in [-0.2, 0) is 10.3 Å². The summed E-state index contributed by atoms with van der Waals surface area (Å²) in [6, 6.07) is 6.07. The van der Waals surface area contributed by atoms with Gasteiger partial charge in [-0.15, -0.1) is 0 Å². The Balaban J connectivity index is 3.12. The Morgan fingerprint density at radius 2 is 2.00 bits per heavy atom. The summed E-state index contributed by atoms with van der Waals surface area (Å²) in [7, 11) is 1.79. The van der Waals surface area contributed by atoms with Crippen molar-refractivity contribution in [3.8, 4) is 0 Å². The minimum absolute atomic E-state index is 0.0754. The maximum atomic E-state index is 10.9. The van der Waals surface area contributed by atoms with E-state index in [4.69, 9.17) is 5.11 Å². The van der Waals surface area contributed by atoms with Crippen LogP contribution in [0.2, 0.25) is 0 Å². The van der Waals surface area contributed by atoms with E-state index >= 15 is 0 Å². The van der Waals surface area contributed by atoms with Crippen molar-refractivity contribution in [3.05, 3.63) is 34.9 Å². The van der Waals surface area contributed by atoms with Gasteiger partial charge < -0.3 is 10.4 Å². The first kappa shape index (κ1) is 12.7. The summed E-state index contributed by atoms with van der Waals surface area (Å²) in [4.78, 5) is 10.9. The average molecular weight is 221 g/mol. The first-order valence-electron chi connectivity index (χ1n) is 5.37. The number of nitrogens with one attached hydrogen (secondary N) is 1. The van der Waals surface area contributed by atoms with Crippen LogP contribution in [0.1, 0.15) is 30.0 Å². The fourth-order valence-electron chi connectivity index (χ4n) is 1.72. The molecular weight excluding hydrogens is 202 g/mol. The second-order valence-electron chi connectivity index (χ2n) is 4.45. The molecule has 0 radical (unpaired) electrons. The number of carboxylic acids is 1. The van der Waals surface area contributed by atoms with E-state index < -0.39 is 11.5 Å². The molecule has 1 aromatic carbocycles. The molecule has 0 spiro atoms. The summed E-state index contributed by atoms with van der Waals surface area (Å²) >= 11 is 0. The molecule has 0 heterocycles. The van der Waals surface area contributed by atoms with Crippen molar-refractivity contribution in [2.45, 2.75) is 32.7 Å². The Bertz CT molecular complexity index is 401. The lowest BCUT2D eigenvalue weighted by molar-refractivity contribution is -0.138. The molecule has 3 heteroatoms. The predicted octanol–water partition coefficient (Wildman–Crippen LogP) is 2.21. The standard InChI is InChI=1S/C13H19NO2/c1-9-5-6-11(7-10(9)2)13(3,14-4)8-12(15)16/h5-7,14H,8H2,1-4H3,(H,15,16). The third-order valence-corrected chi connectivity index (χ3v) is 3.20. The van der Waals surface area contributed by atoms with E-state index in [9.17, 15) is 4.79 Å². The average Bonchev–Trinajstić information content (AvgIpc) is 2.21. The van der Waals surface area contributed by atoms with Crippen molar-refractivity contribution < 1.29 is 9.90 Å². The van der Waals surface area contributed by atoms with Crippen molar-refractivity contribution in [1.82, 2.24) is 5.32 Å². The van der Waals surface area contributed by atoms with Crippen LogP contribution in [0.5, 0.6) is 0 Å². The zero-order chi connectivity index (χ0) is 12.3. The van der Waals surface area contributed by atoms with Gasteiger partial charge in [0.2, 0.25) is 0 Å². The highest BCUT2D eigenvalue weighted by Crippen LogP contribution is 2.26. The normalized spacial score (nSPS) is 14.5. The molecule has 88 valence electrons. The lowest BCUT2D eigenvalue weighted by Gasteiger charge is -2.28. The molecular formula is C13H19NO2. The van der Waals surface area contributed by atoms with Gasteiger partial charge in [0.25, 0.3) is 0 Å². The van der Waals surface area contributed by atoms with Gasteiger partial charge in [0.1, 0.15) is 0 Å². The van der Waals surface area contributed by atoms with Crippen molar-refractivity contribution in [2.24, 2.45) is 0 Å². The maximum Gasteiger partial charge on any atom is 0.305 e. The van der Waals surface area contributed by atoms with Crippen LogP contribution in [0.4, 0.5) is 0 Å². The number of aryl methyl sites for hydroxylation is 2. The van der Waals surface area contributed by atoms with Gasteiger partial charge in [-0.3, -0.25) is 4.79 Å². The van der Waals surface area contributed by atoms with Gasteiger partial charge in [-0.25, -0.2) is 0 Å². The Kier molecular flexibility index (Phi) is 3.70. The number of carboxylic acid groups (broad SMARTS) is 1. The summed E-state index contributed by atoms with van der Waals surface area (Å²) in [6.45, 7) is 5.99. The molecule has 0 saturated carbocycles. The summed E-state index contributed by atoms with van der Waals surface area (Å²) < 4.78 is 0. The number of rotatable bonds is 4. The molecule has 0 aliphatic heterocycles. The molecule has 1 rings (SSSR count). The lowest BCUT2D eigenvalue weighted by atomic mass is 9.87. The quantitative estimate of drug-likeness (QED) is 0.819. The monoisotopic (exact) mass is 221 g/mol. The highest BCUT2D eigenvalue weighted by Gasteiger charge is 2.27. The third-order valence-electron chi connectivity index (χ3n) is 3.20. The summed E-state index contributed by atoms with van der Waals surface area (Å²) in [6.07, 6.45) is 0.0754. The fraction of sp³-hybridized carbons (Fsp3) is 0.462. The highest BCUT2D eigenvalue weighted by molar-refractivity contribution is 5.69.